The number of rotatable bonds is 7. The third-order valence-electron chi connectivity index (χ3n) is 3.03. The molecule has 0 aromatic heterocycles. The summed E-state index contributed by atoms with van der Waals surface area (Å²) in [6, 6.07) is 7.32. The molecule has 1 rings (SSSR count). The monoisotopic (exact) mass is 325 g/mol. The standard InChI is InChI=1S/C16H24ClN3O2/c1-11(2)18-15(21)9-20(4)10-16(22)19-12(3)13-7-5-6-8-14(13)17/h5-8,11-12H,9-10H2,1-4H3,(H,18,21)(H,19,22)/t12-/m0/s1. The van der Waals surface area contributed by atoms with Crippen molar-refractivity contribution in [1.29, 1.82) is 0 Å². The number of carbonyl (C=O) groups excluding carboxylic acids is 2. The fraction of sp³-hybridized carbons (Fsp3) is 0.500. The molecule has 2 amide bonds. The number of amides is 2. The molecule has 0 radical (unpaired) electrons. The Bertz CT molecular complexity index is 520. The lowest BCUT2D eigenvalue weighted by Gasteiger charge is -2.20. The first kappa shape index (κ1) is 18.5. The molecule has 0 saturated heterocycles. The van der Waals surface area contributed by atoms with Gasteiger partial charge in [-0.25, -0.2) is 0 Å². The minimum atomic E-state index is -0.181. The SMILES string of the molecule is CC(C)NC(=O)CN(C)CC(=O)N[C@@H](C)c1ccccc1Cl. The molecule has 0 aliphatic carbocycles. The lowest BCUT2D eigenvalue weighted by atomic mass is 10.1. The summed E-state index contributed by atoms with van der Waals surface area (Å²) in [7, 11) is 1.74. The third kappa shape index (κ3) is 6.45. The molecule has 122 valence electrons. The summed E-state index contributed by atoms with van der Waals surface area (Å²) >= 11 is 6.11. The van der Waals surface area contributed by atoms with E-state index >= 15 is 0 Å². The molecule has 0 aliphatic heterocycles. The Balaban J connectivity index is 2.45. The maximum absolute atomic E-state index is 12.0. The number of benzene rings is 1. The van der Waals surface area contributed by atoms with Gasteiger partial charge in [-0.2, -0.15) is 0 Å². The van der Waals surface area contributed by atoms with Crippen molar-refractivity contribution in [3.63, 3.8) is 0 Å². The van der Waals surface area contributed by atoms with Crippen molar-refractivity contribution in [3.8, 4) is 0 Å². The zero-order chi connectivity index (χ0) is 16.7. The molecule has 0 aliphatic rings. The summed E-state index contributed by atoms with van der Waals surface area (Å²) in [6.07, 6.45) is 0. The van der Waals surface area contributed by atoms with E-state index in [0.29, 0.717) is 5.02 Å². The van der Waals surface area contributed by atoms with Crippen LogP contribution in [0.4, 0.5) is 0 Å². The van der Waals surface area contributed by atoms with Crippen molar-refractivity contribution < 1.29 is 9.59 Å². The number of nitrogens with one attached hydrogen (secondary N) is 2. The van der Waals surface area contributed by atoms with Crippen molar-refractivity contribution in [2.75, 3.05) is 20.1 Å². The molecule has 6 heteroatoms. The minimum Gasteiger partial charge on any atom is -0.353 e. The Morgan fingerprint density at radius 1 is 1.09 bits per heavy atom. The highest BCUT2D eigenvalue weighted by Crippen LogP contribution is 2.21. The Morgan fingerprint density at radius 3 is 2.18 bits per heavy atom. The van der Waals surface area contributed by atoms with Crippen LogP contribution < -0.4 is 10.6 Å². The highest BCUT2D eigenvalue weighted by atomic mass is 35.5. The molecule has 1 atom stereocenters. The van der Waals surface area contributed by atoms with Crippen LogP contribution in [0.1, 0.15) is 32.4 Å². The Morgan fingerprint density at radius 2 is 1.64 bits per heavy atom. The van der Waals surface area contributed by atoms with Gasteiger partial charge in [-0.05, 0) is 39.4 Å². The smallest absolute Gasteiger partial charge is 0.234 e. The van der Waals surface area contributed by atoms with Crippen LogP contribution in [0.3, 0.4) is 0 Å². The van der Waals surface area contributed by atoms with Gasteiger partial charge < -0.3 is 10.6 Å². The summed E-state index contributed by atoms with van der Waals surface area (Å²) in [5.74, 6) is -0.239. The average molecular weight is 326 g/mol. The first-order chi connectivity index (χ1) is 10.3. The largest absolute Gasteiger partial charge is 0.353 e. The Hall–Kier alpha value is -1.59. The zero-order valence-corrected chi connectivity index (χ0v) is 14.3. The van der Waals surface area contributed by atoms with Crippen LogP contribution in [0.15, 0.2) is 24.3 Å². The molecule has 0 saturated carbocycles. The molecule has 0 spiro atoms. The van der Waals surface area contributed by atoms with Crippen LogP contribution in [0, 0.1) is 0 Å². The van der Waals surface area contributed by atoms with Gasteiger partial charge in [0.05, 0.1) is 19.1 Å². The predicted octanol–water partition coefficient (Wildman–Crippen LogP) is 1.97. The van der Waals surface area contributed by atoms with Crippen molar-refractivity contribution >= 4 is 23.4 Å². The second-order valence-corrected chi connectivity index (χ2v) is 6.11. The number of hydrogen-bond acceptors (Lipinski definition) is 3. The van der Waals surface area contributed by atoms with E-state index in [1.165, 1.54) is 0 Å². The quantitative estimate of drug-likeness (QED) is 0.805. The molecule has 1 aromatic rings. The molecule has 2 N–H and O–H groups in total. The van der Waals surface area contributed by atoms with E-state index in [9.17, 15) is 9.59 Å². The predicted molar refractivity (Wildman–Crippen MR) is 88.8 cm³/mol. The van der Waals surface area contributed by atoms with Crippen LogP contribution in [-0.4, -0.2) is 42.9 Å². The topological polar surface area (TPSA) is 61.4 Å². The number of hydrogen-bond donors (Lipinski definition) is 2. The third-order valence-corrected chi connectivity index (χ3v) is 3.37. The molecular weight excluding hydrogens is 302 g/mol. The first-order valence-corrected chi connectivity index (χ1v) is 7.69. The van der Waals surface area contributed by atoms with Gasteiger partial charge in [-0.1, -0.05) is 29.8 Å². The number of likely N-dealkylation sites (N-methyl/N-ethyl adjacent to an activating group) is 1. The fourth-order valence-corrected chi connectivity index (χ4v) is 2.40. The van der Waals surface area contributed by atoms with Gasteiger partial charge in [-0.15, -0.1) is 0 Å². The van der Waals surface area contributed by atoms with Gasteiger partial charge in [0.2, 0.25) is 11.8 Å². The van der Waals surface area contributed by atoms with Gasteiger partial charge in [0.15, 0.2) is 0 Å². The van der Waals surface area contributed by atoms with Crippen LogP contribution in [0.25, 0.3) is 0 Å². The molecule has 0 heterocycles. The molecule has 5 nitrogen and oxygen atoms in total. The maximum atomic E-state index is 12.0. The van der Waals surface area contributed by atoms with Crippen LogP contribution in [0.5, 0.6) is 0 Å². The first-order valence-electron chi connectivity index (χ1n) is 7.31. The van der Waals surface area contributed by atoms with Crippen LogP contribution >= 0.6 is 11.6 Å². The maximum Gasteiger partial charge on any atom is 0.234 e. The average Bonchev–Trinajstić information content (AvgIpc) is 2.37. The van der Waals surface area contributed by atoms with Gasteiger partial charge >= 0.3 is 0 Å². The highest BCUT2D eigenvalue weighted by Gasteiger charge is 2.15. The Labute approximate surface area is 137 Å². The zero-order valence-electron chi connectivity index (χ0n) is 13.5. The molecule has 22 heavy (non-hydrogen) atoms. The number of carbonyl (C=O) groups is 2. The van der Waals surface area contributed by atoms with E-state index in [0.717, 1.165) is 5.56 Å². The van der Waals surface area contributed by atoms with E-state index < -0.39 is 0 Å². The van der Waals surface area contributed by atoms with Crippen molar-refractivity contribution in [1.82, 2.24) is 15.5 Å². The van der Waals surface area contributed by atoms with E-state index in [2.05, 4.69) is 10.6 Å². The summed E-state index contributed by atoms with van der Waals surface area (Å²) < 4.78 is 0. The van der Waals surface area contributed by atoms with Gasteiger partial charge in [0.1, 0.15) is 0 Å². The minimum absolute atomic E-state index is 0.0926. The lowest BCUT2D eigenvalue weighted by Crippen LogP contribution is -2.42. The summed E-state index contributed by atoms with van der Waals surface area (Å²) in [5.41, 5.74) is 0.873. The molecular formula is C16H24ClN3O2. The van der Waals surface area contributed by atoms with E-state index in [4.69, 9.17) is 11.6 Å². The summed E-state index contributed by atoms with van der Waals surface area (Å²) in [4.78, 5) is 25.3. The van der Waals surface area contributed by atoms with Crippen molar-refractivity contribution in [3.05, 3.63) is 34.9 Å². The highest BCUT2D eigenvalue weighted by molar-refractivity contribution is 6.31. The van der Waals surface area contributed by atoms with E-state index in [1.54, 1.807) is 18.0 Å². The molecule has 0 bridgehead atoms. The lowest BCUT2D eigenvalue weighted by molar-refractivity contribution is -0.125. The van der Waals surface area contributed by atoms with Gasteiger partial charge in [0, 0.05) is 11.1 Å². The second kappa shape index (κ2) is 8.76. The molecule has 1 aromatic carbocycles. The van der Waals surface area contributed by atoms with E-state index in [1.807, 2.05) is 39.0 Å². The van der Waals surface area contributed by atoms with Gasteiger partial charge in [0.25, 0.3) is 0 Å². The van der Waals surface area contributed by atoms with Crippen LogP contribution in [0.2, 0.25) is 5.02 Å². The fourth-order valence-electron chi connectivity index (χ4n) is 2.10. The second-order valence-electron chi connectivity index (χ2n) is 5.71. The van der Waals surface area contributed by atoms with Crippen molar-refractivity contribution in [2.24, 2.45) is 0 Å². The number of nitrogens with zero attached hydrogens (tertiary/aromatic N) is 1. The molecule has 0 fully saturated rings. The van der Waals surface area contributed by atoms with Crippen LogP contribution in [-0.2, 0) is 9.59 Å². The Kier molecular flexibility index (Phi) is 7.35. The summed E-state index contributed by atoms with van der Waals surface area (Å²) in [6.45, 7) is 6.02. The summed E-state index contributed by atoms with van der Waals surface area (Å²) in [5, 5.41) is 6.30. The van der Waals surface area contributed by atoms with E-state index in [-0.39, 0.29) is 37.0 Å². The van der Waals surface area contributed by atoms with Crippen molar-refractivity contribution in [2.45, 2.75) is 32.9 Å². The molecule has 0 unspecified atom stereocenters. The normalized spacial score (nSPS) is 12.3. The number of halogens is 1. The van der Waals surface area contributed by atoms with Gasteiger partial charge in [-0.3, -0.25) is 14.5 Å².